The number of rotatable bonds is 7. The molecule has 0 aliphatic carbocycles. The van der Waals surface area contributed by atoms with Gasteiger partial charge in [-0.15, -0.1) is 11.3 Å². The SMILES string of the molecule is CS(=O)(=O)CCS(=O)(=O)NC(C(=O)O)c1cccs1. The zero-order chi connectivity index (χ0) is 14.7. The molecule has 1 aromatic rings. The number of hydrogen-bond acceptors (Lipinski definition) is 6. The maximum atomic E-state index is 11.7. The van der Waals surface area contributed by atoms with Crippen LogP contribution in [0.15, 0.2) is 17.5 Å². The third-order valence-electron chi connectivity index (χ3n) is 2.09. The lowest BCUT2D eigenvalue weighted by Crippen LogP contribution is -2.36. The number of carbonyl (C=O) groups is 1. The van der Waals surface area contributed by atoms with E-state index in [0.29, 0.717) is 4.88 Å². The van der Waals surface area contributed by atoms with E-state index in [0.717, 1.165) is 17.6 Å². The van der Waals surface area contributed by atoms with Gasteiger partial charge in [0.15, 0.2) is 6.04 Å². The molecule has 0 aliphatic heterocycles. The summed E-state index contributed by atoms with van der Waals surface area (Å²) in [6.07, 6.45) is 0.913. The van der Waals surface area contributed by atoms with Crippen LogP contribution in [0.4, 0.5) is 0 Å². The summed E-state index contributed by atoms with van der Waals surface area (Å²) in [5.74, 6) is -2.56. The van der Waals surface area contributed by atoms with Gasteiger partial charge >= 0.3 is 5.97 Å². The van der Waals surface area contributed by atoms with Crippen molar-refractivity contribution in [3.05, 3.63) is 22.4 Å². The Balaban J connectivity index is 2.83. The molecule has 0 bridgehead atoms. The van der Waals surface area contributed by atoms with Gasteiger partial charge < -0.3 is 5.11 Å². The summed E-state index contributed by atoms with van der Waals surface area (Å²) < 4.78 is 47.1. The van der Waals surface area contributed by atoms with Crippen LogP contribution in [-0.4, -0.2) is 45.7 Å². The molecule has 10 heteroatoms. The first kappa shape index (κ1) is 16.1. The highest BCUT2D eigenvalue weighted by molar-refractivity contribution is 7.93. The molecular weight excluding hydrogens is 314 g/mol. The van der Waals surface area contributed by atoms with Gasteiger partial charge in [0.05, 0.1) is 11.5 Å². The second-order valence-electron chi connectivity index (χ2n) is 3.85. The quantitative estimate of drug-likeness (QED) is 0.718. The van der Waals surface area contributed by atoms with Gasteiger partial charge in [-0.05, 0) is 11.4 Å². The summed E-state index contributed by atoms with van der Waals surface area (Å²) in [5.41, 5.74) is 0. The molecule has 108 valence electrons. The molecule has 0 saturated carbocycles. The predicted octanol–water partition coefficient (Wildman–Crippen LogP) is -0.162. The van der Waals surface area contributed by atoms with E-state index in [1.54, 1.807) is 11.4 Å². The fourth-order valence-corrected chi connectivity index (χ4v) is 4.82. The Morgan fingerprint density at radius 3 is 2.42 bits per heavy atom. The van der Waals surface area contributed by atoms with Gasteiger partial charge in [0, 0.05) is 11.1 Å². The second kappa shape index (κ2) is 5.99. The van der Waals surface area contributed by atoms with Crippen molar-refractivity contribution in [3.63, 3.8) is 0 Å². The fraction of sp³-hybridized carbons (Fsp3) is 0.444. The molecule has 7 nitrogen and oxygen atoms in total. The van der Waals surface area contributed by atoms with Crippen LogP contribution in [0.1, 0.15) is 10.9 Å². The van der Waals surface area contributed by atoms with Crippen molar-refractivity contribution in [2.75, 3.05) is 17.8 Å². The maximum Gasteiger partial charge on any atom is 0.327 e. The van der Waals surface area contributed by atoms with E-state index in [2.05, 4.69) is 0 Å². The minimum absolute atomic E-state index is 0.329. The Morgan fingerprint density at radius 2 is 2.00 bits per heavy atom. The van der Waals surface area contributed by atoms with Gasteiger partial charge in [-0.1, -0.05) is 6.07 Å². The number of sulfonamides is 1. The van der Waals surface area contributed by atoms with Crippen molar-refractivity contribution in [3.8, 4) is 0 Å². The summed E-state index contributed by atoms with van der Waals surface area (Å²) in [4.78, 5) is 11.4. The van der Waals surface area contributed by atoms with E-state index >= 15 is 0 Å². The van der Waals surface area contributed by atoms with Crippen LogP contribution in [0, 0.1) is 0 Å². The van der Waals surface area contributed by atoms with Crippen molar-refractivity contribution in [1.82, 2.24) is 4.72 Å². The molecule has 0 fully saturated rings. The fourth-order valence-electron chi connectivity index (χ4n) is 1.19. The molecule has 19 heavy (non-hydrogen) atoms. The third-order valence-corrected chi connectivity index (χ3v) is 5.57. The average molecular weight is 327 g/mol. The lowest BCUT2D eigenvalue weighted by atomic mass is 10.3. The van der Waals surface area contributed by atoms with Crippen molar-refractivity contribution >= 4 is 37.2 Å². The molecule has 0 saturated heterocycles. The van der Waals surface area contributed by atoms with Crippen molar-refractivity contribution in [2.45, 2.75) is 6.04 Å². The first-order valence-corrected chi connectivity index (χ1v) is 9.64. The van der Waals surface area contributed by atoms with Crippen LogP contribution in [0.3, 0.4) is 0 Å². The zero-order valence-electron chi connectivity index (χ0n) is 9.94. The van der Waals surface area contributed by atoms with E-state index in [4.69, 9.17) is 5.11 Å². The number of nitrogens with one attached hydrogen (secondary N) is 1. The standard InChI is InChI=1S/C9H13NO6S3/c1-18(13,14)5-6-19(15,16)10-8(9(11)12)7-3-2-4-17-7/h2-4,8,10H,5-6H2,1H3,(H,11,12). The van der Waals surface area contributed by atoms with E-state index in [9.17, 15) is 21.6 Å². The van der Waals surface area contributed by atoms with Gasteiger partial charge in [-0.2, -0.15) is 4.72 Å². The molecule has 1 atom stereocenters. The van der Waals surface area contributed by atoms with Gasteiger partial charge in [-0.3, -0.25) is 4.79 Å². The van der Waals surface area contributed by atoms with E-state index in [1.165, 1.54) is 6.07 Å². The largest absolute Gasteiger partial charge is 0.480 e. The number of carboxylic acids is 1. The summed E-state index contributed by atoms with van der Waals surface area (Å²) in [7, 11) is -7.42. The van der Waals surface area contributed by atoms with Crippen LogP contribution in [0.5, 0.6) is 0 Å². The summed E-state index contributed by atoms with van der Waals surface area (Å²) in [6.45, 7) is 0. The molecule has 1 aromatic heterocycles. The predicted molar refractivity (Wildman–Crippen MR) is 71.3 cm³/mol. The van der Waals surface area contributed by atoms with Gasteiger partial charge in [0.1, 0.15) is 9.84 Å². The first-order chi connectivity index (χ1) is 8.61. The van der Waals surface area contributed by atoms with Crippen LogP contribution in [0.2, 0.25) is 0 Å². The van der Waals surface area contributed by atoms with E-state index < -0.39 is 43.4 Å². The molecule has 2 N–H and O–H groups in total. The molecule has 0 spiro atoms. The summed E-state index contributed by atoms with van der Waals surface area (Å²) in [6, 6.07) is 1.69. The summed E-state index contributed by atoms with van der Waals surface area (Å²) in [5, 5.41) is 10.6. The third kappa shape index (κ3) is 5.68. The molecule has 0 aromatic carbocycles. The van der Waals surface area contributed by atoms with Gasteiger partial charge in [0.25, 0.3) is 0 Å². The van der Waals surface area contributed by atoms with Crippen LogP contribution < -0.4 is 4.72 Å². The molecule has 1 rings (SSSR count). The monoisotopic (exact) mass is 327 g/mol. The number of thiophene rings is 1. The van der Waals surface area contributed by atoms with Crippen LogP contribution in [-0.2, 0) is 24.7 Å². The molecule has 0 amide bonds. The van der Waals surface area contributed by atoms with Gasteiger partial charge in [-0.25, -0.2) is 16.8 Å². The van der Waals surface area contributed by atoms with Crippen molar-refractivity contribution in [1.29, 1.82) is 0 Å². The van der Waals surface area contributed by atoms with Crippen LogP contribution >= 0.6 is 11.3 Å². The molecule has 1 heterocycles. The summed E-state index contributed by atoms with van der Waals surface area (Å²) >= 11 is 1.10. The van der Waals surface area contributed by atoms with E-state index in [-0.39, 0.29) is 0 Å². The molecule has 0 aliphatic rings. The second-order valence-corrected chi connectivity index (χ2v) is 8.97. The highest BCUT2D eigenvalue weighted by atomic mass is 32.2. The Kier molecular flexibility index (Phi) is 5.07. The lowest BCUT2D eigenvalue weighted by Gasteiger charge is -2.13. The smallest absolute Gasteiger partial charge is 0.327 e. The van der Waals surface area contributed by atoms with Gasteiger partial charge in [0.2, 0.25) is 10.0 Å². The van der Waals surface area contributed by atoms with Crippen LogP contribution in [0.25, 0.3) is 0 Å². The highest BCUT2D eigenvalue weighted by Crippen LogP contribution is 2.20. The zero-order valence-corrected chi connectivity index (χ0v) is 12.4. The number of aliphatic carboxylic acids is 1. The Hall–Kier alpha value is -0.970. The number of sulfone groups is 1. The molecule has 0 radical (unpaired) electrons. The highest BCUT2D eigenvalue weighted by Gasteiger charge is 2.27. The number of hydrogen-bond donors (Lipinski definition) is 2. The first-order valence-electron chi connectivity index (χ1n) is 5.05. The van der Waals surface area contributed by atoms with E-state index in [1.807, 2.05) is 4.72 Å². The Morgan fingerprint density at radius 1 is 1.37 bits per heavy atom. The average Bonchev–Trinajstić information content (AvgIpc) is 2.75. The topological polar surface area (TPSA) is 118 Å². The Labute approximate surface area is 115 Å². The maximum absolute atomic E-state index is 11.7. The van der Waals surface area contributed by atoms with Crippen molar-refractivity contribution < 1.29 is 26.7 Å². The minimum atomic E-state index is -3.99. The van der Waals surface area contributed by atoms with Crippen molar-refractivity contribution in [2.24, 2.45) is 0 Å². The lowest BCUT2D eigenvalue weighted by molar-refractivity contribution is -0.139. The Bertz CT molecular complexity index is 632. The normalized spacial score (nSPS) is 14.2. The number of carboxylic acid groups (broad SMARTS) is 1. The minimum Gasteiger partial charge on any atom is -0.480 e. The molecular formula is C9H13NO6S3. The molecule has 1 unspecified atom stereocenters.